The fourth-order valence-corrected chi connectivity index (χ4v) is 5.71. The Bertz CT molecular complexity index is 1940. The summed E-state index contributed by atoms with van der Waals surface area (Å²) in [5, 5.41) is 10.9. The number of carbonyl (C=O) groups is 1. The molecule has 1 saturated heterocycles. The number of rotatable bonds is 7. The maximum atomic E-state index is 15.0. The normalized spacial score (nSPS) is 14.1. The standard InChI is InChI=1S/C32H26F5N7O2S/c1-43-10-12-44(13-11-43)40-18-19-2-6-24(39-17-19)29-16-26-30(47-29)28(8-9-38-26)46-27-7-4-21(15-23(27)34)41-31(45)42-25-14-20(32(35,36)37)3-5-22(25)33/h2-9,14-18H,10-13H2,1H3,(H2,41,42,45). The first kappa shape index (κ1) is 31.8. The van der Waals surface area contributed by atoms with Gasteiger partial charge in [-0.05, 0) is 55.6 Å². The summed E-state index contributed by atoms with van der Waals surface area (Å²) in [6.07, 6.45) is 0.335. The molecule has 242 valence electrons. The first-order valence-corrected chi connectivity index (χ1v) is 15.1. The van der Waals surface area contributed by atoms with Crippen LogP contribution in [0.15, 0.2) is 78.2 Å². The number of halogens is 5. The SMILES string of the molecule is CN1CCN(N=Cc2ccc(-c3cc4nccc(Oc5ccc(NC(=O)Nc6cc(C(F)(F)F)ccc6F)cc5F)c4s3)nc2)CC1. The van der Waals surface area contributed by atoms with Gasteiger partial charge in [0.1, 0.15) is 11.6 Å². The number of fused-ring (bicyclic) bond motifs is 1. The van der Waals surface area contributed by atoms with Gasteiger partial charge in [0.15, 0.2) is 11.6 Å². The molecule has 0 spiro atoms. The second-order valence-corrected chi connectivity index (χ2v) is 11.7. The average molecular weight is 668 g/mol. The van der Waals surface area contributed by atoms with Crippen molar-refractivity contribution >= 4 is 45.2 Å². The summed E-state index contributed by atoms with van der Waals surface area (Å²) in [6.45, 7) is 3.67. The molecule has 4 heterocycles. The van der Waals surface area contributed by atoms with E-state index in [4.69, 9.17) is 4.74 Å². The lowest BCUT2D eigenvalue weighted by molar-refractivity contribution is -0.137. The molecule has 5 aromatic rings. The van der Waals surface area contributed by atoms with Crippen molar-refractivity contribution in [2.24, 2.45) is 5.10 Å². The van der Waals surface area contributed by atoms with Crippen molar-refractivity contribution in [3.05, 3.63) is 95.8 Å². The number of amides is 2. The number of anilines is 2. The quantitative estimate of drug-likeness (QED) is 0.137. The lowest BCUT2D eigenvalue weighted by Gasteiger charge is -2.30. The number of nitrogens with one attached hydrogen (secondary N) is 2. The van der Waals surface area contributed by atoms with E-state index in [0.717, 1.165) is 48.4 Å². The molecule has 2 amide bonds. The minimum absolute atomic E-state index is 0.0406. The first-order valence-electron chi connectivity index (χ1n) is 14.3. The minimum atomic E-state index is -4.73. The molecule has 0 atom stereocenters. The molecule has 0 unspecified atom stereocenters. The van der Waals surface area contributed by atoms with Crippen LogP contribution >= 0.6 is 11.3 Å². The molecule has 0 aliphatic carbocycles. The predicted molar refractivity (Wildman–Crippen MR) is 170 cm³/mol. The van der Waals surface area contributed by atoms with Gasteiger partial charge in [-0.15, -0.1) is 11.3 Å². The largest absolute Gasteiger partial charge is 0.453 e. The zero-order valence-corrected chi connectivity index (χ0v) is 25.5. The molecule has 2 N–H and O–H groups in total. The Hall–Kier alpha value is -5.15. The molecule has 2 aromatic carbocycles. The van der Waals surface area contributed by atoms with Crippen molar-refractivity contribution in [3.63, 3.8) is 0 Å². The number of pyridine rings is 2. The van der Waals surface area contributed by atoms with Gasteiger partial charge in [0.25, 0.3) is 0 Å². The van der Waals surface area contributed by atoms with E-state index >= 15 is 4.39 Å². The van der Waals surface area contributed by atoms with Crippen LogP contribution < -0.4 is 15.4 Å². The molecule has 9 nitrogen and oxygen atoms in total. The van der Waals surface area contributed by atoms with Crippen molar-refractivity contribution in [1.82, 2.24) is 19.9 Å². The van der Waals surface area contributed by atoms with Crippen LogP contribution in [0.1, 0.15) is 11.1 Å². The number of benzene rings is 2. The first-order chi connectivity index (χ1) is 22.5. The van der Waals surface area contributed by atoms with Crippen molar-refractivity contribution < 1.29 is 31.5 Å². The number of hydrazone groups is 1. The van der Waals surface area contributed by atoms with Crippen molar-refractivity contribution in [3.8, 4) is 22.1 Å². The molecule has 47 heavy (non-hydrogen) atoms. The van der Waals surface area contributed by atoms with E-state index in [1.54, 1.807) is 18.5 Å². The summed E-state index contributed by atoms with van der Waals surface area (Å²) in [6, 6.07) is 11.4. The number of hydrogen-bond donors (Lipinski definition) is 2. The van der Waals surface area contributed by atoms with Crippen LogP contribution in [0.5, 0.6) is 11.5 Å². The number of piperazine rings is 1. The van der Waals surface area contributed by atoms with E-state index in [1.807, 2.05) is 28.5 Å². The summed E-state index contributed by atoms with van der Waals surface area (Å²) >= 11 is 1.37. The Kier molecular flexibility index (Phi) is 9.00. The van der Waals surface area contributed by atoms with Crippen molar-refractivity contribution in [2.75, 3.05) is 43.9 Å². The summed E-state index contributed by atoms with van der Waals surface area (Å²) in [7, 11) is 2.09. The zero-order chi connectivity index (χ0) is 33.1. The van der Waals surface area contributed by atoms with E-state index < -0.39 is 35.1 Å². The van der Waals surface area contributed by atoms with Gasteiger partial charge in [-0.25, -0.2) is 13.6 Å². The van der Waals surface area contributed by atoms with Crippen LogP contribution in [0.4, 0.5) is 38.1 Å². The Morgan fingerprint density at radius 1 is 0.936 bits per heavy atom. The molecular formula is C32H26F5N7O2S. The highest BCUT2D eigenvalue weighted by atomic mass is 32.1. The average Bonchev–Trinajstić information content (AvgIpc) is 3.48. The highest BCUT2D eigenvalue weighted by Crippen LogP contribution is 2.39. The molecule has 6 rings (SSSR count). The summed E-state index contributed by atoms with van der Waals surface area (Å²) in [5.74, 6) is -1.70. The number of likely N-dealkylation sites (N-methyl/N-ethyl adjacent to an activating group) is 1. The van der Waals surface area contributed by atoms with E-state index in [2.05, 4.69) is 32.3 Å². The third kappa shape index (κ3) is 7.64. The lowest BCUT2D eigenvalue weighted by Crippen LogP contribution is -2.41. The Labute approximate surface area is 269 Å². The van der Waals surface area contributed by atoms with Crippen molar-refractivity contribution in [1.29, 1.82) is 0 Å². The maximum Gasteiger partial charge on any atom is 0.416 e. The molecule has 15 heteroatoms. The van der Waals surface area contributed by atoms with Crippen LogP contribution in [0.3, 0.4) is 0 Å². The number of aromatic nitrogens is 2. The third-order valence-corrected chi connectivity index (χ3v) is 8.38. The Balaban J connectivity index is 1.12. The predicted octanol–water partition coefficient (Wildman–Crippen LogP) is 7.67. The Morgan fingerprint density at radius 2 is 1.74 bits per heavy atom. The van der Waals surface area contributed by atoms with Crippen LogP contribution in [-0.4, -0.2) is 65.3 Å². The second kappa shape index (κ2) is 13.3. The van der Waals surface area contributed by atoms with Crippen LogP contribution in [0, 0.1) is 11.6 Å². The molecule has 3 aromatic heterocycles. The minimum Gasteiger partial charge on any atom is -0.453 e. The highest BCUT2D eigenvalue weighted by Gasteiger charge is 2.31. The molecule has 0 bridgehead atoms. The van der Waals surface area contributed by atoms with Gasteiger partial charge in [0.05, 0.1) is 38.3 Å². The number of urea groups is 1. The number of alkyl halides is 3. The van der Waals surface area contributed by atoms with Crippen LogP contribution in [0.25, 0.3) is 20.8 Å². The molecular weight excluding hydrogens is 641 g/mol. The highest BCUT2D eigenvalue weighted by molar-refractivity contribution is 7.22. The van der Waals surface area contributed by atoms with Gasteiger partial charge >= 0.3 is 12.2 Å². The number of thiophene rings is 1. The number of carbonyl (C=O) groups excluding carboxylic acids is 1. The Morgan fingerprint density at radius 3 is 2.47 bits per heavy atom. The summed E-state index contributed by atoms with van der Waals surface area (Å²) in [4.78, 5) is 24.4. The molecule has 0 saturated carbocycles. The zero-order valence-electron chi connectivity index (χ0n) is 24.7. The fourth-order valence-electron chi connectivity index (χ4n) is 4.67. The molecule has 1 aliphatic rings. The summed E-state index contributed by atoms with van der Waals surface area (Å²) in [5.41, 5.74) is 0.352. The third-order valence-electron chi connectivity index (χ3n) is 7.22. The topological polar surface area (TPSA) is 95.0 Å². The number of hydrogen-bond acceptors (Lipinski definition) is 8. The molecule has 0 radical (unpaired) electrons. The van der Waals surface area contributed by atoms with Gasteiger partial charge in [-0.1, -0.05) is 0 Å². The van der Waals surface area contributed by atoms with E-state index in [-0.39, 0.29) is 11.4 Å². The smallest absolute Gasteiger partial charge is 0.416 e. The van der Waals surface area contributed by atoms with E-state index in [9.17, 15) is 22.4 Å². The van der Waals surface area contributed by atoms with Gasteiger partial charge in [-0.3, -0.25) is 15.0 Å². The van der Waals surface area contributed by atoms with Crippen molar-refractivity contribution in [2.45, 2.75) is 6.18 Å². The number of ether oxygens (including phenoxy) is 1. The summed E-state index contributed by atoms with van der Waals surface area (Å²) < 4.78 is 74.5. The van der Waals surface area contributed by atoms with Gasteiger partial charge in [0.2, 0.25) is 0 Å². The van der Waals surface area contributed by atoms with Gasteiger partial charge in [-0.2, -0.15) is 18.3 Å². The maximum absolute atomic E-state index is 15.0. The van der Waals surface area contributed by atoms with Gasteiger partial charge in [0, 0.05) is 62.0 Å². The molecule has 1 aliphatic heterocycles. The van der Waals surface area contributed by atoms with E-state index in [1.165, 1.54) is 29.7 Å². The lowest BCUT2D eigenvalue weighted by atomic mass is 10.2. The van der Waals surface area contributed by atoms with Gasteiger partial charge < -0.3 is 20.3 Å². The van der Waals surface area contributed by atoms with E-state index in [0.29, 0.717) is 34.2 Å². The monoisotopic (exact) mass is 667 g/mol. The number of nitrogens with zero attached hydrogens (tertiary/aromatic N) is 5. The second-order valence-electron chi connectivity index (χ2n) is 10.6. The fraction of sp³-hybridized carbons (Fsp3) is 0.188. The molecule has 1 fully saturated rings. The van der Waals surface area contributed by atoms with Crippen LogP contribution in [-0.2, 0) is 6.18 Å². The van der Waals surface area contributed by atoms with Crippen LogP contribution in [0.2, 0.25) is 0 Å².